The summed E-state index contributed by atoms with van der Waals surface area (Å²) >= 11 is 3.37. The van der Waals surface area contributed by atoms with Gasteiger partial charge in [0, 0.05) is 24.0 Å². The minimum Gasteiger partial charge on any atom is -0.355 e. The van der Waals surface area contributed by atoms with Crippen LogP contribution in [0.1, 0.15) is 23.6 Å². The molecule has 0 radical (unpaired) electrons. The number of anilines is 1. The van der Waals surface area contributed by atoms with E-state index in [2.05, 4.69) is 21.2 Å². The maximum atomic E-state index is 13.9. The monoisotopic (exact) mass is 585 g/mol. The average Bonchev–Trinajstić information content (AvgIpc) is 2.85. The Labute approximate surface area is 227 Å². The Morgan fingerprint density at radius 1 is 0.946 bits per heavy atom. The maximum absolute atomic E-state index is 13.9. The number of nitrogens with one attached hydrogen (secondary N) is 1. The highest BCUT2D eigenvalue weighted by molar-refractivity contribution is 9.10. The third-order valence-corrected chi connectivity index (χ3v) is 7.50. The average molecular weight is 587 g/mol. The zero-order valence-corrected chi connectivity index (χ0v) is 23.6. The van der Waals surface area contributed by atoms with Gasteiger partial charge in [0.25, 0.3) is 0 Å². The van der Waals surface area contributed by atoms with Gasteiger partial charge in [0.15, 0.2) is 0 Å². The fraction of sp³-hybridized carbons (Fsp3) is 0.286. The van der Waals surface area contributed by atoms with Crippen molar-refractivity contribution in [2.24, 2.45) is 0 Å². The lowest BCUT2D eigenvalue weighted by Crippen LogP contribution is -2.53. The Morgan fingerprint density at radius 2 is 1.62 bits per heavy atom. The molecule has 0 heterocycles. The quantitative estimate of drug-likeness (QED) is 0.363. The zero-order valence-electron chi connectivity index (χ0n) is 21.2. The third-order valence-electron chi connectivity index (χ3n) is 5.87. The van der Waals surface area contributed by atoms with Crippen molar-refractivity contribution in [2.75, 3.05) is 23.7 Å². The largest absolute Gasteiger partial charge is 0.355 e. The molecule has 37 heavy (non-hydrogen) atoms. The molecule has 2 amide bonds. The zero-order chi connectivity index (χ0) is 27.0. The standard InChI is InChI=1S/C28H32BrN3O4S/c1-4-30-28(34)26(17-22-9-6-5-7-10-22)31(19-23-15-13-21(2)14-16-23)27(33)20-32(37(3,35)36)25-12-8-11-24(29)18-25/h5-16,18,26H,4,17,19-20H2,1-3H3,(H,30,34)/t26-/m1/s1. The molecular formula is C28H32BrN3O4S. The first kappa shape index (κ1) is 28.4. The van der Waals surface area contributed by atoms with Crippen molar-refractivity contribution in [3.63, 3.8) is 0 Å². The molecule has 0 saturated carbocycles. The molecule has 3 aromatic rings. The predicted octanol–water partition coefficient (Wildman–Crippen LogP) is 4.30. The number of nitrogens with zero attached hydrogens (tertiary/aromatic N) is 2. The molecule has 0 fully saturated rings. The number of aryl methyl sites for hydroxylation is 1. The molecule has 0 unspecified atom stereocenters. The SMILES string of the molecule is CCNC(=O)[C@@H](Cc1ccccc1)N(Cc1ccc(C)cc1)C(=O)CN(c1cccc(Br)c1)S(C)(=O)=O. The van der Waals surface area contributed by atoms with Gasteiger partial charge < -0.3 is 10.2 Å². The first-order chi connectivity index (χ1) is 17.6. The predicted molar refractivity (Wildman–Crippen MR) is 151 cm³/mol. The van der Waals surface area contributed by atoms with Crippen molar-refractivity contribution in [1.82, 2.24) is 10.2 Å². The Morgan fingerprint density at radius 3 is 2.22 bits per heavy atom. The summed E-state index contributed by atoms with van der Waals surface area (Å²) in [6.07, 6.45) is 1.36. The second-order valence-electron chi connectivity index (χ2n) is 8.86. The molecule has 3 rings (SSSR count). The van der Waals surface area contributed by atoms with E-state index in [9.17, 15) is 18.0 Å². The Balaban J connectivity index is 2.03. The van der Waals surface area contributed by atoms with E-state index >= 15 is 0 Å². The molecule has 3 aromatic carbocycles. The molecule has 0 bridgehead atoms. The molecule has 0 saturated heterocycles. The molecule has 9 heteroatoms. The fourth-order valence-electron chi connectivity index (χ4n) is 3.98. The van der Waals surface area contributed by atoms with Crippen molar-refractivity contribution in [1.29, 1.82) is 0 Å². The third kappa shape index (κ3) is 8.16. The van der Waals surface area contributed by atoms with Crippen LogP contribution in [0.2, 0.25) is 0 Å². The van der Waals surface area contributed by atoms with Gasteiger partial charge in [0.2, 0.25) is 21.8 Å². The smallest absolute Gasteiger partial charge is 0.244 e. The molecule has 0 aromatic heterocycles. The highest BCUT2D eigenvalue weighted by Crippen LogP contribution is 2.23. The Kier molecular flexibility index (Phi) is 9.88. The molecule has 0 spiro atoms. The van der Waals surface area contributed by atoms with Crippen molar-refractivity contribution < 1.29 is 18.0 Å². The maximum Gasteiger partial charge on any atom is 0.244 e. The van der Waals surface area contributed by atoms with E-state index in [-0.39, 0.29) is 12.5 Å². The first-order valence-corrected chi connectivity index (χ1v) is 14.6. The lowest BCUT2D eigenvalue weighted by atomic mass is 10.0. The number of rotatable bonds is 11. The molecule has 0 aliphatic heterocycles. The molecule has 0 aliphatic carbocycles. The van der Waals surface area contributed by atoms with E-state index in [1.165, 1.54) is 4.90 Å². The van der Waals surface area contributed by atoms with Crippen LogP contribution in [-0.2, 0) is 32.6 Å². The summed E-state index contributed by atoms with van der Waals surface area (Å²) in [4.78, 5) is 28.7. The van der Waals surface area contributed by atoms with Crippen LogP contribution < -0.4 is 9.62 Å². The molecule has 1 atom stereocenters. The Bertz CT molecular complexity index is 1310. The van der Waals surface area contributed by atoms with Crippen LogP contribution >= 0.6 is 15.9 Å². The van der Waals surface area contributed by atoms with Crippen molar-refractivity contribution >= 4 is 43.5 Å². The summed E-state index contributed by atoms with van der Waals surface area (Å²) < 4.78 is 27.3. The molecule has 0 aliphatic rings. The topological polar surface area (TPSA) is 86.8 Å². The summed E-state index contributed by atoms with van der Waals surface area (Å²) in [5.41, 5.74) is 3.17. The van der Waals surface area contributed by atoms with Crippen LogP contribution in [0.15, 0.2) is 83.3 Å². The minimum atomic E-state index is -3.79. The van der Waals surface area contributed by atoms with Gasteiger partial charge in [-0.15, -0.1) is 0 Å². The number of likely N-dealkylation sites (N-methyl/N-ethyl adjacent to an activating group) is 1. The molecule has 1 N–H and O–H groups in total. The summed E-state index contributed by atoms with van der Waals surface area (Å²) in [7, 11) is -3.79. The number of hydrogen-bond donors (Lipinski definition) is 1. The molecular weight excluding hydrogens is 554 g/mol. The normalized spacial score (nSPS) is 12.0. The number of sulfonamides is 1. The summed E-state index contributed by atoms with van der Waals surface area (Å²) in [5.74, 6) is -0.765. The van der Waals surface area contributed by atoms with Gasteiger partial charge >= 0.3 is 0 Å². The molecule has 196 valence electrons. The van der Waals surface area contributed by atoms with Crippen LogP contribution in [0.5, 0.6) is 0 Å². The summed E-state index contributed by atoms with van der Waals surface area (Å²) in [6, 6.07) is 23.1. The van der Waals surface area contributed by atoms with Crippen LogP contribution in [0.25, 0.3) is 0 Å². The van der Waals surface area contributed by atoms with E-state index in [1.54, 1.807) is 24.3 Å². The van der Waals surface area contributed by atoms with Crippen molar-refractivity contribution in [2.45, 2.75) is 32.9 Å². The van der Waals surface area contributed by atoms with Gasteiger partial charge in [-0.25, -0.2) is 8.42 Å². The number of halogens is 1. The minimum absolute atomic E-state index is 0.157. The second kappa shape index (κ2) is 12.9. The number of hydrogen-bond acceptors (Lipinski definition) is 4. The van der Waals surface area contributed by atoms with Crippen LogP contribution in [0, 0.1) is 6.92 Å². The van der Waals surface area contributed by atoms with E-state index in [0.29, 0.717) is 23.1 Å². The van der Waals surface area contributed by atoms with Gasteiger partial charge in [0.05, 0.1) is 11.9 Å². The van der Waals surface area contributed by atoms with Crippen LogP contribution in [-0.4, -0.2) is 50.5 Å². The lowest BCUT2D eigenvalue weighted by molar-refractivity contribution is -0.140. The summed E-state index contributed by atoms with van der Waals surface area (Å²) in [6.45, 7) is 3.92. The van der Waals surface area contributed by atoms with Gasteiger partial charge in [-0.3, -0.25) is 13.9 Å². The van der Waals surface area contributed by atoms with Gasteiger partial charge in [0.1, 0.15) is 12.6 Å². The number of benzene rings is 3. The second-order valence-corrected chi connectivity index (χ2v) is 11.7. The van der Waals surface area contributed by atoms with E-state index in [1.807, 2.05) is 68.4 Å². The van der Waals surface area contributed by atoms with Gasteiger partial charge in [-0.1, -0.05) is 82.2 Å². The van der Waals surface area contributed by atoms with E-state index in [4.69, 9.17) is 0 Å². The highest BCUT2D eigenvalue weighted by atomic mass is 79.9. The fourth-order valence-corrected chi connectivity index (χ4v) is 5.21. The van der Waals surface area contributed by atoms with Crippen molar-refractivity contribution in [3.8, 4) is 0 Å². The van der Waals surface area contributed by atoms with Gasteiger partial charge in [-0.2, -0.15) is 0 Å². The Hall–Kier alpha value is -3.17. The van der Waals surface area contributed by atoms with Crippen LogP contribution in [0.4, 0.5) is 5.69 Å². The van der Waals surface area contributed by atoms with E-state index in [0.717, 1.165) is 27.3 Å². The number of carbonyl (C=O) groups excluding carboxylic acids is 2. The van der Waals surface area contributed by atoms with Crippen LogP contribution in [0.3, 0.4) is 0 Å². The summed E-state index contributed by atoms with van der Waals surface area (Å²) in [5, 5.41) is 2.85. The lowest BCUT2D eigenvalue weighted by Gasteiger charge is -2.33. The highest BCUT2D eigenvalue weighted by Gasteiger charge is 2.32. The molecule has 7 nitrogen and oxygen atoms in total. The number of amides is 2. The number of carbonyl (C=O) groups is 2. The van der Waals surface area contributed by atoms with Gasteiger partial charge in [-0.05, 0) is 43.2 Å². The first-order valence-electron chi connectivity index (χ1n) is 12.0. The van der Waals surface area contributed by atoms with E-state index < -0.39 is 28.5 Å². The van der Waals surface area contributed by atoms with Crippen molar-refractivity contribution in [3.05, 3.63) is 100 Å².